The number of phenols is 2. The second kappa shape index (κ2) is 8.29. The van der Waals surface area contributed by atoms with Crippen LogP contribution < -0.4 is 5.73 Å². The smallest absolute Gasteiger partial charge is 0.255 e. The molecule has 2 aromatic carbocycles. The molecule has 1 saturated heterocycles. The Kier molecular flexibility index (Phi) is 5.58. The number of fused-ring (bicyclic) bond motifs is 3. The van der Waals surface area contributed by atoms with Crippen LogP contribution in [0.4, 0.5) is 0 Å². The maximum Gasteiger partial charge on any atom is 0.255 e. The van der Waals surface area contributed by atoms with Crippen molar-refractivity contribution in [3.05, 3.63) is 46.2 Å². The van der Waals surface area contributed by atoms with Gasteiger partial charge in [-0.2, -0.15) is 0 Å². The van der Waals surface area contributed by atoms with E-state index in [0.717, 1.165) is 5.56 Å². The molecule has 2 aromatic rings. The van der Waals surface area contributed by atoms with Gasteiger partial charge in [-0.3, -0.25) is 19.3 Å². The lowest BCUT2D eigenvalue weighted by molar-refractivity contribution is -0.136. The van der Waals surface area contributed by atoms with Crippen molar-refractivity contribution in [3.8, 4) is 11.5 Å². The zero-order valence-corrected chi connectivity index (χ0v) is 19.9. The number of aromatic hydroxyl groups is 2. The minimum atomic E-state index is -2.68. The van der Waals surface area contributed by atoms with Gasteiger partial charge in [-0.15, -0.1) is 0 Å². The Balaban J connectivity index is 1.79. The molecule has 0 radical (unpaired) electrons. The van der Waals surface area contributed by atoms with Crippen molar-refractivity contribution in [1.29, 1.82) is 0 Å². The highest BCUT2D eigenvalue weighted by Gasteiger charge is 2.62. The summed E-state index contributed by atoms with van der Waals surface area (Å²) in [5.41, 5.74) is 2.83. The Hall–Kier alpha value is -3.47. The molecule has 5 rings (SSSR count). The van der Waals surface area contributed by atoms with E-state index in [-0.39, 0.29) is 29.0 Å². The van der Waals surface area contributed by atoms with E-state index in [9.17, 15) is 34.8 Å². The monoisotopic (exact) mass is 496 g/mol. The molecule has 0 bridgehead atoms. The first-order valence-corrected chi connectivity index (χ1v) is 11.9. The summed E-state index contributed by atoms with van der Waals surface area (Å²) in [5, 5.41) is 45.1. The van der Waals surface area contributed by atoms with Crippen LogP contribution in [0.3, 0.4) is 0 Å². The number of rotatable bonds is 3. The van der Waals surface area contributed by atoms with Gasteiger partial charge < -0.3 is 30.9 Å². The van der Waals surface area contributed by atoms with Gasteiger partial charge in [0.25, 0.3) is 5.91 Å². The highest BCUT2D eigenvalue weighted by molar-refractivity contribution is 6.25. The SMILES string of the molecule is CC(C)c1ccc(O)c2c(O)c3c(cc12)C[C@H]1[C@@H](N2CCOCC2)C(=O)C(C(N)=O)=C(O)[C@@]1(O)C3=O. The van der Waals surface area contributed by atoms with Crippen LogP contribution in [0.25, 0.3) is 10.8 Å². The number of benzene rings is 2. The summed E-state index contributed by atoms with van der Waals surface area (Å²) in [6, 6.07) is 3.72. The van der Waals surface area contributed by atoms with E-state index in [4.69, 9.17) is 10.5 Å². The molecule has 0 saturated carbocycles. The number of Topliss-reactive ketones (excluding diaryl/α,β-unsaturated/α-hetero) is 2. The minimum absolute atomic E-state index is 0.0317. The van der Waals surface area contributed by atoms with Gasteiger partial charge >= 0.3 is 0 Å². The molecule has 0 unspecified atom stereocenters. The average Bonchev–Trinajstić information content (AvgIpc) is 2.82. The molecular weight excluding hydrogens is 468 g/mol. The van der Waals surface area contributed by atoms with Crippen molar-refractivity contribution in [2.24, 2.45) is 11.7 Å². The number of phenolic OH excluding ortho intramolecular Hbond substituents is 2. The lowest BCUT2D eigenvalue weighted by Gasteiger charge is -2.49. The first-order chi connectivity index (χ1) is 17.0. The molecule has 6 N–H and O–H groups in total. The summed E-state index contributed by atoms with van der Waals surface area (Å²) in [6.07, 6.45) is -0.0574. The van der Waals surface area contributed by atoms with Gasteiger partial charge in [0.1, 0.15) is 22.8 Å². The lowest BCUT2D eigenvalue weighted by atomic mass is 9.61. The van der Waals surface area contributed by atoms with Crippen molar-refractivity contribution in [1.82, 2.24) is 4.90 Å². The molecule has 1 aliphatic heterocycles. The Morgan fingerprint density at radius 2 is 1.83 bits per heavy atom. The summed E-state index contributed by atoms with van der Waals surface area (Å²) in [6.45, 7) is 5.15. The molecule has 1 fully saturated rings. The second-order valence-corrected chi connectivity index (χ2v) is 9.96. The number of aliphatic hydroxyl groups is 2. The summed E-state index contributed by atoms with van der Waals surface area (Å²) < 4.78 is 5.38. The number of ketones is 2. The third kappa shape index (κ3) is 3.18. The maximum absolute atomic E-state index is 13.9. The number of nitrogens with two attached hydrogens (primary N) is 1. The van der Waals surface area contributed by atoms with Crippen LogP contribution in [0.1, 0.15) is 41.3 Å². The molecular formula is C26H28N2O8. The Morgan fingerprint density at radius 1 is 1.17 bits per heavy atom. The zero-order chi connectivity index (χ0) is 26.1. The largest absolute Gasteiger partial charge is 0.508 e. The van der Waals surface area contributed by atoms with Gasteiger partial charge in [-0.25, -0.2) is 0 Å². The summed E-state index contributed by atoms with van der Waals surface area (Å²) in [4.78, 5) is 41.3. The molecule has 1 heterocycles. The van der Waals surface area contributed by atoms with Crippen LogP contribution in [0.2, 0.25) is 0 Å². The van der Waals surface area contributed by atoms with E-state index in [1.807, 2.05) is 13.8 Å². The highest BCUT2D eigenvalue weighted by Crippen LogP contribution is 2.50. The molecule has 3 aliphatic rings. The van der Waals surface area contributed by atoms with Crippen LogP contribution in [-0.4, -0.2) is 80.7 Å². The average molecular weight is 497 g/mol. The van der Waals surface area contributed by atoms with E-state index in [1.165, 1.54) is 6.07 Å². The number of hydrogen-bond acceptors (Lipinski definition) is 9. The van der Waals surface area contributed by atoms with Crippen LogP contribution in [0, 0.1) is 5.92 Å². The first kappa shape index (κ1) is 24.2. The molecule has 2 aliphatic carbocycles. The lowest BCUT2D eigenvalue weighted by Crippen LogP contribution is -2.66. The number of primary amides is 1. The fraction of sp³-hybridized carbons (Fsp3) is 0.423. The second-order valence-electron chi connectivity index (χ2n) is 9.96. The van der Waals surface area contributed by atoms with Gasteiger partial charge in [0.05, 0.1) is 30.2 Å². The highest BCUT2D eigenvalue weighted by atomic mass is 16.5. The normalized spacial score (nSPS) is 26.9. The topological polar surface area (TPSA) is 171 Å². The van der Waals surface area contributed by atoms with Crippen LogP contribution in [0.15, 0.2) is 29.5 Å². The predicted octanol–water partition coefficient (Wildman–Crippen LogP) is 1.04. The molecule has 0 spiro atoms. The van der Waals surface area contributed by atoms with E-state index in [2.05, 4.69) is 0 Å². The fourth-order valence-electron chi connectivity index (χ4n) is 5.99. The standard InChI is InChI=1S/C26H28N2O8/c1-11(2)13-3-4-16(29)18-14(13)9-12-10-15-20(28-5-7-36-8-6-28)22(31)19(25(27)34)24(33)26(15,35)23(32)17(12)21(18)30/h3-4,9,11,15,20,29-30,33,35H,5-8,10H2,1-2H3,(H2,27,34)/t15-,20+,26-/m0/s1. The van der Waals surface area contributed by atoms with Crippen LogP contribution in [-0.2, 0) is 20.7 Å². The summed E-state index contributed by atoms with van der Waals surface area (Å²) >= 11 is 0. The Morgan fingerprint density at radius 3 is 2.44 bits per heavy atom. The van der Waals surface area contributed by atoms with Crippen molar-refractivity contribution < 1.29 is 39.5 Å². The number of amides is 1. The van der Waals surface area contributed by atoms with Crippen molar-refractivity contribution in [2.45, 2.75) is 37.8 Å². The van der Waals surface area contributed by atoms with Gasteiger partial charge in [0.2, 0.25) is 5.78 Å². The van der Waals surface area contributed by atoms with E-state index in [0.29, 0.717) is 37.3 Å². The Bertz CT molecular complexity index is 1360. The van der Waals surface area contributed by atoms with Crippen molar-refractivity contribution in [2.75, 3.05) is 26.3 Å². The zero-order valence-electron chi connectivity index (χ0n) is 19.9. The van der Waals surface area contributed by atoms with E-state index < -0.39 is 52.1 Å². The molecule has 190 valence electrons. The Labute approximate surface area is 206 Å². The van der Waals surface area contributed by atoms with Gasteiger partial charge in [-0.1, -0.05) is 19.9 Å². The first-order valence-electron chi connectivity index (χ1n) is 11.9. The molecule has 3 atom stereocenters. The predicted molar refractivity (Wildman–Crippen MR) is 128 cm³/mol. The number of ether oxygens (including phenoxy) is 1. The van der Waals surface area contributed by atoms with Gasteiger partial charge in [0, 0.05) is 19.0 Å². The summed E-state index contributed by atoms with van der Waals surface area (Å²) in [7, 11) is 0. The third-order valence-electron chi connectivity index (χ3n) is 7.72. The summed E-state index contributed by atoms with van der Waals surface area (Å²) in [5.74, 6) is -6.10. The maximum atomic E-state index is 13.9. The van der Waals surface area contributed by atoms with Crippen molar-refractivity contribution >= 4 is 28.2 Å². The van der Waals surface area contributed by atoms with E-state index >= 15 is 0 Å². The molecule has 10 heteroatoms. The number of hydrogen-bond donors (Lipinski definition) is 5. The minimum Gasteiger partial charge on any atom is -0.508 e. The number of nitrogens with zero attached hydrogens (tertiary/aromatic N) is 1. The number of carbonyl (C=O) groups excluding carboxylic acids is 3. The molecule has 0 aromatic heterocycles. The third-order valence-corrected chi connectivity index (χ3v) is 7.72. The van der Waals surface area contributed by atoms with E-state index in [1.54, 1.807) is 17.0 Å². The van der Waals surface area contributed by atoms with Crippen molar-refractivity contribution in [3.63, 3.8) is 0 Å². The number of morpholine rings is 1. The fourth-order valence-corrected chi connectivity index (χ4v) is 5.99. The number of aliphatic hydroxyl groups excluding tert-OH is 1. The quantitative estimate of drug-likeness (QED) is 0.390. The van der Waals surface area contributed by atoms with Crippen LogP contribution in [0.5, 0.6) is 11.5 Å². The van der Waals surface area contributed by atoms with Gasteiger partial charge in [-0.05, 0) is 41.0 Å². The van der Waals surface area contributed by atoms with Gasteiger partial charge in [0.15, 0.2) is 11.4 Å². The van der Waals surface area contributed by atoms with Crippen LogP contribution >= 0.6 is 0 Å². The molecule has 10 nitrogen and oxygen atoms in total. The molecule has 1 amide bonds. The molecule has 36 heavy (non-hydrogen) atoms. The number of carbonyl (C=O) groups is 3.